The number of ether oxygens (including phenoxy) is 1. The summed E-state index contributed by atoms with van der Waals surface area (Å²) in [7, 11) is 0. The summed E-state index contributed by atoms with van der Waals surface area (Å²) in [5.74, 6) is 0.395. The Morgan fingerprint density at radius 2 is 2.06 bits per heavy atom. The van der Waals surface area contributed by atoms with Gasteiger partial charge in [0.1, 0.15) is 18.2 Å². The molecule has 0 amide bonds. The SMILES string of the molecule is Fc1ccc(NC(=S)OCc2ccco2)cc1. The number of hydrogen-bond donors (Lipinski definition) is 1. The van der Waals surface area contributed by atoms with Crippen LogP contribution < -0.4 is 5.32 Å². The van der Waals surface area contributed by atoms with Crippen LogP contribution in [0.25, 0.3) is 0 Å². The average molecular weight is 251 g/mol. The van der Waals surface area contributed by atoms with Gasteiger partial charge >= 0.3 is 0 Å². The lowest BCUT2D eigenvalue weighted by Gasteiger charge is -2.08. The molecule has 1 aromatic heterocycles. The predicted molar refractivity (Wildman–Crippen MR) is 66.1 cm³/mol. The maximum Gasteiger partial charge on any atom is 0.261 e. The fraction of sp³-hybridized carbons (Fsp3) is 0.0833. The van der Waals surface area contributed by atoms with Crippen molar-refractivity contribution >= 4 is 23.1 Å². The number of anilines is 1. The fourth-order valence-electron chi connectivity index (χ4n) is 1.22. The molecule has 0 saturated heterocycles. The summed E-state index contributed by atoms with van der Waals surface area (Å²) in [6.07, 6.45) is 1.56. The largest absolute Gasteiger partial charge is 0.466 e. The molecular weight excluding hydrogens is 241 g/mol. The van der Waals surface area contributed by atoms with Crippen LogP contribution in [0.2, 0.25) is 0 Å². The van der Waals surface area contributed by atoms with E-state index in [1.807, 2.05) is 0 Å². The molecule has 2 rings (SSSR count). The summed E-state index contributed by atoms with van der Waals surface area (Å²) in [5, 5.41) is 3.05. The Morgan fingerprint density at radius 3 is 2.71 bits per heavy atom. The fourth-order valence-corrected chi connectivity index (χ4v) is 1.40. The van der Waals surface area contributed by atoms with E-state index < -0.39 is 0 Å². The second kappa shape index (κ2) is 5.45. The minimum Gasteiger partial charge on any atom is -0.466 e. The van der Waals surface area contributed by atoms with Crippen LogP contribution in [-0.2, 0) is 11.3 Å². The van der Waals surface area contributed by atoms with Gasteiger partial charge in [-0.25, -0.2) is 4.39 Å². The van der Waals surface area contributed by atoms with Crippen molar-refractivity contribution in [1.29, 1.82) is 0 Å². The predicted octanol–water partition coefficient (Wildman–Crippen LogP) is 3.33. The van der Waals surface area contributed by atoms with Crippen molar-refractivity contribution in [3.8, 4) is 0 Å². The van der Waals surface area contributed by atoms with Crippen LogP contribution in [-0.4, -0.2) is 5.17 Å². The molecule has 88 valence electrons. The molecule has 5 heteroatoms. The number of rotatable bonds is 3. The van der Waals surface area contributed by atoms with E-state index in [9.17, 15) is 4.39 Å². The highest BCUT2D eigenvalue weighted by Crippen LogP contribution is 2.09. The van der Waals surface area contributed by atoms with E-state index in [1.54, 1.807) is 30.5 Å². The number of benzene rings is 1. The van der Waals surface area contributed by atoms with Gasteiger partial charge in [0.15, 0.2) is 0 Å². The number of furan rings is 1. The zero-order chi connectivity index (χ0) is 12.1. The average Bonchev–Trinajstić information content (AvgIpc) is 2.83. The van der Waals surface area contributed by atoms with E-state index in [-0.39, 0.29) is 17.6 Å². The van der Waals surface area contributed by atoms with Crippen LogP contribution in [0.4, 0.5) is 10.1 Å². The molecule has 0 bridgehead atoms. The third kappa shape index (κ3) is 3.57. The quantitative estimate of drug-likeness (QED) is 0.848. The van der Waals surface area contributed by atoms with Gasteiger partial charge in [0.25, 0.3) is 5.17 Å². The topological polar surface area (TPSA) is 34.4 Å². The lowest BCUT2D eigenvalue weighted by Crippen LogP contribution is -2.12. The first-order valence-electron chi connectivity index (χ1n) is 4.96. The van der Waals surface area contributed by atoms with E-state index >= 15 is 0 Å². The van der Waals surface area contributed by atoms with Gasteiger partial charge in [0.2, 0.25) is 0 Å². The zero-order valence-corrected chi connectivity index (χ0v) is 9.67. The van der Waals surface area contributed by atoms with Crippen LogP contribution in [0.5, 0.6) is 0 Å². The summed E-state index contributed by atoms with van der Waals surface area (Å²) < 4.78 is 23.0. The highest BCUT2D eigenvalue weighted by molar-refractivity contribution is 7.80. The Morgan fingerprint density at radius 1 is 1.29 bits per heavy atom. The van der Waals surface area contributed by atoms with E-state index in [0.29, 0.717) is 11.4 Å². The first-order valence-corrected chi connectivity index (χ1v) is 5.36. The van der Waals surface area contributed by atoms with Crippen molar-refractivity contribution in [3.05, 3.63) is 54.2 Å². The van der Waals surface area contributed by atoms with Crippen molar-refractivity contribution in [3.63, 3.8) is 0 Å². The Kier molecular flexibility index (Phi) is 3.72. The lowest BCUT2D eigenvalue weighted by atomic mass is 10.3. The molecule has 3 nitrogen and oxygen atoms in total. The Labute approximate surface area is 103 Å². The molecule has 17 heavy (non-hydrogen) atoms. The van der Waals surface area contributed by atoms with Gasteiger partial charge in [-0.05, 0) is 48.6 Å². The first kappa shape index (κ1) is 11.6. The second-order valence-electron chi connectivity index (χ2n) is 3.29. The van der Waals surface area contributed by atoms with E-state index in [0.717, 1.165) is 0 Å². The Bertz CT molecular complexity index is 482. The van der Waals surface area contributed by atoms with Crippen LogP contribution in [0.1, 0.15) is 5.76 Å². The van der Waals surface area contributed by atoms with Crippen LogP contribution in [0.15, 0.2) is 47.1 Å². The molecule has 0 fully saturated rings. The Balaban J connectivity index is 1.83. The molecule has 1 aromatic carbocycles. The normalized spacial score (nSPS) is 9.94. The number of halogens is 1. The van der Waals surface area contributed by atoms with Crippen molar-refractivity contribution in [2.45, 2.75) is 6.61 Å². The van der Waals surface area contributed by atoms with Gasteiger partial charge in [-0.3, -0.25) is 0 Å². The zero-order valence-electron chi connectivity index (χ0n) is 8.85. The molecule has 1 N–H and O–H groups in total. The molecular formula is C12H10FNO2S. The van der Waals surface area contributed by atoms with Crippen LogP contribution >= 0.6 is 12.2 Å². The highest BCUT2D eigenvalue weighted by Gasteiger charge is 2.01. The molecule has 0 saturated carbocycles. The van der Waals surface area contributed by atoms with Crippen LogP contribution in [0.3, 0.4) is 0 Å². The lowest BCUT2D eigenvalue weighted by molar-refractivity contribution is 0.264. The minimum atomic E-state index is -0.294. The third-order valence-electron chi connectivity index (χ3n) is 2.02. The van der Waals surface area contributed by atoms with Gasteiger partial charge in [-0.2, -0.15) is 0 Å². The van der Waals surface area contributed by atoms with Crippen molar-refractivity contribution < 1.29 is 13.5 Å². The van der Waals surface area contributed by atoms with E-state index in [4.69, 9.17) is 21.4 Å². The molecule has 0 unspecified atom stereocenters. The summed E-state index contributed by atoms with van der Waals surface area (Å²) in [5.41, 5.74) is 0.677. The van der Waals surface area contributed by atoms with Gasteiger partial charge in [-0.15, -0.1) is 0 Å². The van der Waals surface area contributed by atoms with Gasteiger partial charge in [0, 0.05) is 5.69 Å². The second-order valence-corrected chi connectivity index (χ2v) is 3.66. The van der Waals surface area contributed by atoms with Gasteiger partial charge in [0.05, 0.1) is 6.26 Å². The number of nitrogens with one attached hydrogen (secondary N) is 1. The summed E-state index contributed by atoms with van der Waals surface area (Å²) >= 11 is 4.97. The highest BCUT2D eigenvalue weighted by atomic mass is 32.1. The van der Waals surface area contributed by atoms with Crippen LogP contribution in [0, 0.1) is 5.82 Å². The van der Waals surface area contributed by atoms with Crippen molar-refractivity contribution in [2.24, 2.45) is 0 Å². The Hall–Kier alpha value is -1.88. The molecule has 0 radical (unpaired) electrons. The standard InChI is InChI=1S/C12H10FNO2S/c13-9-3-5-10(6-4-9)14-12(17)16-8-11-2-1-7-15-11/h1-7H,8H2,(H,14,17). The molecule has 0 aliphatic rings. The number of thiocarbonyl (C=S) groups is 1. The first-order chi connectivity index (χ1) is 8.24. The minimum absolute atomic E-state index is 0.216. The van der Waals surface area contributed by atoms with E-state index in [2.05, 4.69) is 5.32 Å². The maximum atomic E-state index is 12.7. The molecule has 0 spiro atoms. The monoisotopic (exact) mass is 251 g/mol. The molecule has 1 heterocycles. The maximum absolute atomic E-state index is 12.7. The van der Waals surface area contributed by atoms with Crippen molar-refractivity contribution in [2.75, 3.05) is 5.32 Å². The molecule has 0 aliphatic heterocycles. The molecule has 0 aliphatic carbocycles. The summed E-state index contributed by atoms with van der Waals surface area (Å²) in [6.45, 7) is 0.264. The molecule has 0 atom stereocenters. The van der Waals surface area contributed by atoms with Crippen molar-refractivity contribution in [1.82, 2.24) is 0 Å². The molecule has 2 aromatic rings. The number of hydrogen-bond acceptors (Lipinski definition) is 3. The smallest absolute Gasteiger partial charge is 0.261 e. The summed E-state index contributed by atoms with van der Waals surface area (Å²) in [4.78, 5) is 0. The van der Waals surface area contributed by atoms with Gasteiger partial charge in [-0.1, -0.05) is 0 Å². The van der Waals surface area contributed by atoms with Gasteiger partial charge < -0.3 is 14.5 Å². The third-order valence-corrected chi connectivity index (χ3v) is 2.24. The van der Waals surface area contributed by atoms with E-state index in [1.165, 1.54) is 12.1 Å². The summed E-state index contributed by atoms with van der Waals surface area (Å²) in [6, 6.07) is 9.42.